The van der Waals surface area contributed by atoms with E-state index in [9.17, 15) is 13.2 Å². The Bertz CT molecular complexity index is 1420. The quantitative estimate of drug-likeness (QED) is 0.431. The Labute approximate surface area is 219 Å². The molecule has 1 fully saturated rings. The molecule has 0 N–H and O–H groups in total. The molecule has 0 aliphatic carbocycles. The number of sulfonamides is 1. The molecule has 0 saturated carbocycles. The fourth-order valence-electron chi connectivity index (χ4n) is 5.07. The van der Waals surface area contributed by atoms with Crippen LogP contribution in [-0.4, -0.2) is 43.9 Å². The molecule has 1 aromatic heterocycles. The highest BCUT2D eigenvalue weighted by atomic mass is 32.2. The number of piperidine rings is 1. The first-order valence-corrected chi connectivity index (χ1v) is 14.0. The van der Waals surface area contributed by atoms with Crippen molar-refractivity contribution in [3.63, 3.8) is 0 Å². The molecule has 2 aromatic carbocycles. The Hall–Kier alpha value is -3.23. The van der Waals surface area contributed by atoms with Crippen LogP contribution in [0.1, 0.15) is 52.1 Å². The number of amides is 1. The summed E-state index contributed by atoms with van der Waals surface area (Å²) >= 11 is 0. The minimum absolute atomic E-state index is 0.0613. The second-order valence-electron chi connectivity index (χ2n) is 10.0. The highest BCUT2D eigenvalue weighted by molar-refractivity contribution is 7.89. The van der Waals surface area contributed by atoms with Crippen molar-refractivity contribution in [3.8, 4) is 0 Å². The zero-order valence-corrected chi connectivity index (χ0v) is 23.2. The number of hydrogen-bond donors (Lipinski definition) is 0. The van der Waals surface area contributed by atoms with E-state index in [-0.39, 0.29) is 23.1 Å². The van der Waals surface area contributed by atoms with Crippen LogP contribution in [0, 0.1) is 40.5 Å². The maximum Gasteiger partial charge on any atom is 0.248 e. The average Bonchev–Trinajstić information content (AvgIpc) is 3.24. The van der Waals surface area contributed by atoms with Crippen LogP contribution in [0.15, 0.2) is 45.8 Å². The van der Waals surface area contributed by atoms with E-state index in [1.54, 1.807) is 24.9 Å². The fraction of sp³-hybridized carbons (Fsp3) is 0.379. The van der Waals surface area contributed by atoms with E-state index in [2.05, 4.69) is 17.3 Å². The van der Waals surface area contributed by atoms with Gasteiger partial charge in [-0.25, -0.2) is 8.42 Å². The zero-order valence-electron chi connectivity index (χ0n) is 22.4. The lowest BCUT2D eigenvalue weighted by Gasteiger charge is -2.33. The molecule has 3 aromatic rings. The molecule has 0 spiro atoms. The molecule has 4 rings (SSSR count). The van der Waals surface area contributed by atoms with E-state index in [0.717, 1.165) is 27.9 Å². The summed E-state index contributed by atoms with van der Waals surface area (Å²) < 4.78 is 34.4. The second kappa shape index (κ2) is 10.6. The molecule has 0 bridgehead atoms. The third kappa shape index (κ3) is 5.55. The number of hydrogen-bond acceptors (Lipinski definition) is 5. The van der Waals surface area contributed by atoms with Gasteiger partial charge in [-0.05, 0) is 82.4 Å². The van der Waals surface area contributed by atoms with Crippen molar-refractivity contribution >= 4 is 33.8 Å². The van der Waals surface area contributed by atoms with E-state index < -0.39 is 15.9 Å². The monoisotopic (exact) mass is 521 g/mol. The lowest BCUT2D eigenvalue weighted by Crippen LogP contribution is -2.46. The van der Waals surface area contributed by atoms with Gasteiger partial charge < -0.3 is 9.42 Å². The largest absolute Gasteiger partial charge is 0.355 e. The lowest BCUT2D eigenvalue weighted by atomic mass is 9.98. The molecule has 37 heavy (non-hydrogen) atoms. The topological polar surface area (TPSA) is 83.7 Å². The van der Waals surface area contributed by atoms with Crippen molar-refractivity contribution in [1.82, 2.24) is 9.46 Å². The standard InChI is InChI=1S/C29H35N3O4S/c1-19-9-11-25(12-10-19)31(6)29(33)24-8-7-15-32(18-24)37(34,35)28-23(5)30-36-27(28)14-13-26-21(3)16-20(2)17-22(26)4/h9-14,16-17,24H,7-8,15,18H2,1-6H3. The van der Waals surface area contributed by atoms with Gasteiger partial charge in [-0.3, -0.25) is 4.79 Å². The third-order valence-corrected chi connectivity index (χ3v) is 9.08. The van der Waals surface area contributed by atoms with Crippen molar-refractivity contribution in [2.24, 2.45) is 5.92 Å². The van der Waals surface area contributed by atoms with Crippen molar-refractivity contribution in [1.29, 1.82) is 0 Å². The second-order valence-corrected chi connectivity index (χ2v) is 11.9. The minimum Gasteiger partial charge on any atom is -0.355 e. The van der Waals surface area contributed by atoms with Gasteiger partial charge in [0.1, 0.15) is 5.69 Å². The number of benzene rings is 2. The summed E-state index contributed by atoms with van der Waals surface area (Å²) in [6.07, 6.45) is 4.80. The van der Waals surface area contributed by atoms with Crippen LogP contribution in [0.4, 0.5) is 5.69 Å². The molecule has 1 amide bonds. The molecule has 1 aliphatic rings. The summed E-state index contributed by atoms with van der Waals surface area (Å²) in [5.41, 5.74) is 6.61. The average molecular weight is 522 g/mol. The van der Waals surface area contributed by atoms with Gasteiger partial charge in [-0.2, -0.15) is 4.31 Å². The van der Waals surface area contributed by atoms with Crippen LogP contribution in [-0.2, 0) is 14.8 Å². The Balaban J connectivity index is 1.58. The number of nitrogens with zero attached hydrogens (tertiary/aromatic N) is 3. The summed E-state index contributed by atoms with van der Waals surface area (Å²) in [7, 11) is -2.18. The molecule has 8 heteroatoms. The van der Waals surface area contributed by atoms with Crippen LogP contribution in [0.25, 0.3) is 12.2 Å². The first-order chi connectivity index (χ1) is 17.5. The van der Waals surface area contributed by atoms with Gasteiger partial charge in [-0.15, -0.1) is 0 Å². The van der Waals surface area contributed by atoms with E-state index in [0.29, 0.717) is 25.1 Å². The number of anilines is 1. The zero-order chi connectivity index (χ0) is 26.9. The van der Waals surface area contributed by atoms with Gasteiger partial charge in [0.25, 0.3) is 0 Å². The fourth-order valence-corrected chi connectivity index (χ4v) is 6.85. The highest BCUT2D eigenvalue weighted by Gasteiger charge is 2.37. The van der Waals surface area contributed by atoms with Gasteiger partial charge in [0, 0.05) is 25.8 Å². The van der Waals surface area contributed by atoms with Gasteiger partial charge >= 0.3 is 0 Å². The van der Waals surface area contributed by atoms with Crippen LogP contribution < -0.4 is 4.90 Å². The SMILES string of the molecule is Cc1ccc(N(C)C(=O)C2CCCN(S(=O)(=O)c3c(C)noc3C=Cc3c(C)cc(C)cc3C)C2)cc1. The minimum atomic E-state index is -3.92. The van der Waals surface area contributed by atoms with E-state index in [4.69, 9.17) is 4.52 Å². The molecule has 1 aliphatic heterocycles. The molecular formula is C29H35N3O4S. The Morgan fingerprint density at radius 3 is 2.32 bits per heavy atom. The number of aryl methyl sites for hydroxylation is 5. The maximum absolute atomic E-state index is 13.8. The summed E-state index contributed by atoms with van der Waals surface area (Å²) in [6.45, 7) is 10.2. The first-order valence-electron chi connectivity index (χ1n) is 12.6. The third-order valence-electron chi connectivity index (χ3n) is 7.06. The van der Waals surface area contributed by atoms with Gasteiger partial charge in [0.05, 0.1) is 5.92 Å². The van der Waals surface area contributed by atoms with E-state index >= 15 is 0 Å². The van der Waals surface area contributed by atoms with Crippen LogP contribution in [0.5, 0.6) is 0 Å². The predicted molar refractivity (Wildman–Crippen MR) is 147 cm³/mol. The molecular weight excluding hydrogens is 486 g/mol. The summed E-state index contributed by atoms with van der Waals surface area (Å²) in [4.78, 5) is 15.0. The Morgan fingerprint density at radius 1 is 1.03 bits per heavy atom. The molecule has 1 unspecified atom stereocenters. The van der Waals surface area contributed by atoms with Crippen LogP contribution in [0.3, 0.4) is 0 Å². The Kier molecular flexibility index (Phi) is 7.71. The normalized spacial score (nSPS) is 16.9. The molecule has 7 nitrogen and oxygen atoms in total. The van der Waals surface area contributed by atoms with Crippen LogP contribution >= 0.6 is 0 Å². The summed E-state index contributed by atoms with van der Waals surface area (Å²) in [6, 6.07) is 11.9. The Morgan fingerprint density at radius 2 is 1.68 bits per heavy atom. The van der Waals surface area contributed by atoms with Gasteiger partial charge in [0.2, 0.25) is 15.9 Å². The van der Waals surface area contributed by atoms with Crippen molar-refractivity contribution in [3.05, 3.63) is 75.7 Å². The molecule has 0 radical (unpaired) electrons. The number of carbonyl (C=O) groups is 1. The highest BCUT2D eigenvalue weighted by Crippen LogP contribution is 2.31. The van der Waals surface area contributed by atoms with Crippen LogP contribution in [0.2, 0.25) is 0 Å². The molecule has 2 heterocycles. The molecule has 1 atom stereocenters. The van der Waals surface area contributed by atoms with Crippen molar-refractivity contribution < 1.29 is 17.7 Å². The van der Waals surface area contributed by atoms with E-state index in [1.165, 1.54) is 9.87 Å². The van der Waals surface area contributed by atoms with Gasteiger partial charge in [0.15, 0.2) is 10.7 Å². The maximum atomic E-state index is 13.8. The summed E-state index contributed by atoms with van der Waals surface area (Å²) in [5.74, 6) is -0.315. The molecule has 196 valence electrons. The smallest absolute Gasteiger partial charge is 0.248 e. The number of rotatable bonds is 6. The lowest BCUT2D eigenvalue weighted by molar-refractivity contribution is -0.123. The van der Waals surface area contributed by atoms with E-state index in [1.807, 2.05) is 58.0 Å². The number of aromatic nitrogens is 1. The first kappa shape index (κ1) is 26.8. The van der Waals surface area contributed by atoms with Crippen molar-refractivity contribution in [2.75, 3.05) is 25.0 Å². The number of carbonyl (C=O) groups excluding carboxylic acids is 1. The summed E-state index contributed by atoms with van der Waals surface area (Å²) in [5, 5.41) is 3.97. The molecule has 1 saturated heterocycles. The van der Waals surface area contributed by atoms with Gasteiger partial charge in [-0.1, -0.05) is 46.6 Å². The van der Waals surface area contributed by atoms with Crippen molar-refractivity contribution in [2.45, 2.75) is 52.4 Å². The predicted octanol–water partition coefficient (Wildman–Crippen LogP) is 5.45.